The van der Waals surface area contributed by atoms with Gasteiger partial charge < -0.3 is 9.47 Å². The van der Waals surface area contributed by atoms with E-state index < -0.39 is 0 Å². The average Bonchev–Trinajstić information content (AvgIpc) is 2.98. The first-order valence-electron chi connectivity index (χ1n) is 8.97. The Morgan fingerprint density at radius 2 is 1.67 bits per heavy atom. The zero-order valence-electron chi connectivity index (χ0n) is 15.0. The van der Waals surface area contributed by atoms with Gasteiger partial charge in [-0.15, -0.1) is 0 Å². The number of rotatable bonds is 7. The Labute approximate surface area is 144 Å². The third-order valence-electron chi connectivity index (χ3n) is 4.71. The molecule has 1 heterocycles. The molecule has 1 aromatic heterocycles. The molecule has 0 fully saturated rings. The molecule has 2 aromatic carbocycles. The maximum Gasteiger partial charge on any atom is 0.141 e. The van der Waals surface area contributed by atoms with Gasteiger partial charge in [0, 0.05) is 12.1 Å². The Morgan fingerprint density at radius 3 is 2.38 bits per heavy atom. The van der Waals surface area contributed by atoms with Gasteiger partial charge in [-0.2, -0.15) is 0 Å². The summed E-state index contributed by atoms with van der Waals surface area (Å²) < 4.78 is 2.38. The van der Waals surface area contributed by atoms with Crippen molar-refractivity contribution in [3.8, 4) is 11.4 Å². The monoisotopic (exact) mass is 321 g/mol. The molecule has 0 unspecified atom stereocenters. The van der Waals surface area contributed by atoms with E-state index in [4.69, 9.17) is 4.98 Å². The van der Waals surface area contributed by atoms with Gasteiger partial charge in [-0.1, -0.05) is 55.8 Å². The molecule has 0 aliphatic rings. The largest absolute Gasteiger partial charge is 0.324 e. The van der Waals surface area contributed by atoms with E-state index >= 15 is 0 Å². The van der Waals surface area contributed by atoms with Crippen LogP contribution in [0.5, 0.6) is 0 Å². The molecule has 0 aliphatic carbocycles. The minimum Gasteiger partial charge on any atom is -0.324 e. The van der Waals surface area contributed by atoms with E-state index in [0.29, 0.717) is 0 Å². The van der Waals surface area contributed by atoms with Crippen molar-refractivity contribution in [3.63, 3.8) is 0 Å². The number of aromatic nitrogens is 2. The highest BCUT2D eigenvalue weighted by atomic mass is 15.1. The first-order chi connectivity index (χ1) is 11.7. The molecular weight excluding hydrogens is 294 g/mol. The van der Waals surface area contributed by atoms with Crippen LogP contribution in [0.1, 0.15) is 25.8 Å². The molecule has 3 aromatic rings. The zero-order chi connectivity index (χ0) is 16.9. The predicted octanol–water partition coefficient (Wildman–Crippen LogP) is 4.74. The fourth-order valence-corrected chi connectivity index (χ4v) is 3.22. The van der Waals surface area contributed by atoms with Crippen LogP contribution in [-0.4, -0.2) is 34.1 Å². The van der Waals surface area contributed by atoms with Crippen LogP contribution in [0.4, 0.5) is 0 Å². The summed E-state index contributed by atoms with van der Waals surface area (Å²) in [5.41, 5.74) is 4.78. The molecule has 0 spiro atoms. The predicted molar refractivity (Wildman–Crippen MR) is 102 cm³/mol. The van der Waals surface area contributed by atoms with E-state index in [1.54, 1.807) is 0 Å². The molecular formula is C21H27N3. The van der Waals surface area contributed by atoms with Gasteiger partial charge in [-0.25, -0.2) is 4.98 Å². The maximum atomic E-state index is 4.90. The summed E-state index contributed by atoms with van der Waals surface area (Å²) in [6.45, 7) is 10.9. The lowest BCUT2D eigenvalue weighted by Crippen LogP contribution is -2.24. The van der Waals surface area contributed by atoms with Crippen molar-refractivity contribution in [1.82, 2.24) is 14.5 Å². The van der Waals surface area contributed by atoms with E-state index in [1.165, 1.54) is 16.6 Å². The quantitative estimate of drug-likeness (QED) is 0.626. The van der Waals surface area contributed by atoms with Crippen LogP contribution < -0.4 is 0 Å². The van der Waals surface area contributed by atoms with Gasteiger partial charge in [0.25, 0.3) is 0 Å². The lowest BCUT2D eigenvalue weighted by atomic mass is 10.1. The second-order valence-corrected chi connectivity index (χ2v) is 6.32. The number of para-hydroxylation sites is 2. The lowest BCUT2D eigenvalue weighted by Gasteiger charge is -2.18. The Bertz CT molecular complexity index is 782. The highest BCUT2D eigenvalue weighted by molar-refractivity contribution is 5.80. The van der Waals surface area contributed by atoms with Gasteiger partial charge in [0.15, 0.2) is 0 Å². The molecule has 0 radical (unpaired) electrons. The molecule has 126 valence electrons. The first kappa shape index (κ1) is 16.7. The van der Waals surface area contributed by atoms with Crippen LogP contribution in [0.3, 0.4) is 0 Å². The Kier molecular flexibility index (Phi) is 5.31. The van der Waals surface area contributed by atoms with Crippen molar-refractivity contribution in [2.75, 3.05) is 19.6 Å². The normalized spacial score (nSPS) is 11.5. The molecule has 0 saturated heterocycles. The van der Waals surface area contributed by atoms with Gasteiger partial charge in [-0.3, -0.25) is 0 Å². The third-order valence-corrected chi connectivity index (χ3v) is 4.71. The maximum absolute atomic E-state index is 4.90. The summed E-state index contributed by atoms with van der Waals surface area (Å²) in [4.78, 5) is 7.38. The van der Waals surface area contributed by atoms with Crippen molar-refractivity contribution >= 4 is 11.0 Å². The molecule has 0 saturated carbocycles. The molecule has 24 heavy (non-hydrogen) atoms. The molecule has 0 N–H and O–H groups in total. The fourth-order valence-electron chi connectivity index (χ4n) is 3.22. The summed E-state index contributed by atoms with van der Waals surface area (Å²) in [5.74, 6) is 1.08. The van der Waals surface area contributed by atoms with Crippen molar-refractivity contribution in [1.29, 1.82) is 0 Å². The number of imidazole rings is 1. The lowest BCUT2D eigenvalue weighted by molar-refractivity contribution is 0.294. The van der Waals surface area contributed by atoms with E-state index in [1.807, 2.05) is 0 Å². The van der Waals surface area contributed by atoms with Gasteiger partial charge in [0.05, 0.1) is 11.0 Å². The van der Waals surface area contributed by atoms with Gasteiger partial charge >= 0.3 is 0 Å². The summed E-state index contributed by atoms with van der Waals surface area (Å²) in [5, 5.41) is 0. The SMILES string of the molecule is CCN(CC)CCCn1c(-c2ccc(C)cc2)nc2ccccc21. The van der Waals surface area contributed by atoms with Gasteiger partial charge in [0.1, 0.15) is 5.82 Å². The number of fused-ring (bicyclic) bond motifs is 1. The van der Waals surface area contributed by atoms with Crippen molar-refractivity contribution in [2.45, 2.75) is 33.7 Å². The third kappa shape index (κ3) is 3.51. The van der Waals surface area contributed by atoms with E-state index in [2.05, 4.69) is 78.8 Å². The summed E-state index contributed by atoms with van der Waals surface area (Å²) in [6, 6.07) is 17.1. The van der Waals surface area contributed by atoms with Crippen LogP contribution >= 0.6 is 0 Å². The molecule has 0 atom stereocenters. The summed E-state index contributed by atoms with van der Waals surface area (Å²) >= 11 is 0. The van der Waals surface area contributed by atoms with Crippen LogP contribution in [0, 0.1) is 6.92 Å². The standard InChI is InChI=1S/C21H27N3/c1-4-23(5-2)15-8-16-24-20-10-7-6-9-19(20)22-21(24)18-13-11-17(3)12-14-18/h6-7,9-14H,4-5,8,15-16H2,1-3H3. The highest BCUT2D eigenvalue weighted by Gasteiger charge is 2.12. The molecule has 3 rings (SSSR count). The van der Waals surface area contributed by atoms with Crippen LogP contribution in [0.15, 0.2) is 48.5 Å². The molecule has 0 aliphatic heterocycles. The zero-order valence-corrected chi connectivity index (χ0v) is 15.0. The summed E-state index contributed by atoms with van der Waals surface area (Å²) in [7, 11) is 0. The number of benzene rings is 2. The number of aryl methyl sites for hydroxylation is 2. The van der Waals surface area contributed by atoms with Crippen LogP contribution in [0.2, 0.25) is 0 Å². The van der Waals surface area contributed by atoms with Crippen LogP contribution in [0.25, 0.3) is 22.4 Å². The van der Waals surface area contributed by atoms with Crippen molar-refractivity contribution in [3.05, 3.63) is 54.1 Å². The Morgan fingerprint density at radius 1 is 0.958 bits per heavy atom. The van der Waals surface area contributed by atoms with Gasteiger partial charge in [0.2, 0.25) is 0 Å². The van der Waals surface area contributed by atoms with Crippen LogP contribution in [-0.2, 0) is 6.54 Å². The molecule has 3 heteroatoms. The topological polar surface area (TPSA) is 21.1 Å². The van der Waals surface area contributed by atoms with Crippen molar-refractivity contribution in [2.24, 2.45) is 0 Å². The highest BCUT2D eigenvalue weighted by Crippen LogP contribution is 2.25. The minimum atomic E-state index is 1.00. The second kappa shape index (κ2) is 7.63. The fraction of sp³-hybridized carbons (Fsp3) is 0.381. The van der Waals surface area contributed by atoms with E-state index in [0.717, 1.165) is 43.9 Å². The van der Waals surface area contributed by atoms with Gasteiger partial charge in [-0.05, 0) is 45.1 Å². The first-order valence-corrected chi connectivity index (χ1v) is 8.97. The smallest absolute Gasteiger partial charge is 0.141 e. The minimum absolute atomic E-state index is 1.00. The Balaban J connectivity index is 1.92. The van der Waals surface area contributed by atoms with E-state index in [-0.39, 0.29) is 0 Å². The molecule has 3 nitrogen and oxygen atoms in total. The number of nitrogens with zero attached hydrogens (tertiary/aromatic N) is 3. The molecule has 0 amide bonds. The summed E-state index contributed by atoms with van der Waals surface area (Å²) in [6.07, 6.45) is 1.14. The Hall–Kier alpha value is -2.13. The number of hydrogen-bond donors (Lipinski definition) is 0. The van der Waals surface area contributed by atoms with Crippen molar-refractivity contribution < 1.29 is 0 Å². The average molecular weight is 321 g/mol. The number of hydrogen-bond acceptors (Lipinski definition) is 2. The second-order valence-electron chi connectivity index (χ2n) is 6.32. The molecule has 0 bridgehead atoms. The van der Waals surface area contributed by atoms with E-state index in [9.17, 15) is 0 Å².